The second-order valence-corrected chi connectivity index (χ2v) is 5.22. The Morgan fingerprint density at radius 3 is 2.62 bits per heavy atom. The average molecular weight is 304 g/mol. The van der Waals surface area contributed by atoms with Crippen LogP contribution in [0.2, 0.25) is 0 Å². The molecule has 0 saturated carbocycles. The summed E-state index contributed by atoms with van der Waals surface area (Å²) in [5, 5.41) is 7.66. The molecule has 0 fully saturated rings. The number of rotatable bonds is 6. The third kappa shape index (κ3) is 4.88. The summed E-state index contributed by atoms with van der Waals surface area (Å²) in [6.07, 6.45) is 0.617. The molecule has 0 atom stereocenters. The molecule has 0 radical (unpaired) electrons. The first-order valence-corrected chi connectivity index (χ1v) is 7.33. The van der Waals surface area contributed by atoms with Gasteiger partial charge in [0, 0.05) is 23.9 Å². The van der Waals surface area contributed by atoms with E-state index in [0.29, 0.717) is 23.7 Å². The van der Waals surface area contributed by atoms with Gasteiger partial charge < -0.3 is 16.4 Å². The van der Waals surface area contributed by atoms with Crippen molar-refractivity contribution >= 4 is 28.3 Å². The Hall–Kier alpha value is -2.41. The number of hydrogen-bond acceptors (Lipinski definition) is 5. The Kier molecular flexibility index (Phi) is 5.28. The number of thiazole rings is 1. The first-order chi connectivity index (χ1) is 10.1. The highest BCUT2D eigenvalue weighted by Gasteiger charge is 2.07. The van der Waals surface area contributed by atoms with Gasteiger partial charge in [-0.2, -0.15) is 0 Å². The van der Waals surface area contributed by atoms with Crippen LogP contribution in [0.15, 0.2) is 35.7 Å². The molecule has 0 aliphatic heterocycles. The maximum Gasteiger partial charge on any atom is 0.251 e. The first-order valence-electron chi connectivity index (χ1n) is 6.45. The van der Waals surface area contributed by atoms with E-state index < -0.39 is 0 Å². The van der Waals surface area contributed by atoms with E-state index in [-0.39, 0.29) is 18.4 Å². The molecular formula is C14H16N4O2S. The topological polar surface area (TPSA) is 97.1 Å². The van der Waals surface area contributed by atoms with E-state index in [4.69, 9.17) is 5.73 Å². The summed E-state index contributed by atoms with van der Waals surface area (Å²) in [4.78, 5) is 27.4. The molecule has 0 unspecified atom stereocenters. The van der Waals surface area contributed by atoms with Gasteiger partial charge in [-0.15, -0.1) is 11.3 Å². The van der Waals surface area contributed by atoms with Crippen LogP contribution >= 0.6 is 11.3 Å². The Bertz CT molecular complexity index is 612. The Balaban J connectivity index is 1.67. The van der Waals surface area contributed by atoms with Gasteiger partial charge in [0.05, 0.1) is 12.2 Å². The number of hydrogen-bond donors (Lipinski definition) is 3. The zero-order chi connectivity index (χ0) is 15.1. The van der Waals surface area contributed by atoms with Gasteiger partial charge in [0.1, 0.15) is 0 Å². The molecular weight excluding hydrogens is 288 g/mol. The molecule has 0 aliphatic carbocycles. The summed E-state index contributed by atoms with van der Waals surface area (Å²) in [6, 6.07) is 8.76. The molecule has 0 bridgehead atoms. The second-order valence-electron chi connectivity index (χ2n) is 4.33. The fourth-order valence-electron chi connectivity index (χ4n) is 1.68. The van der Waals surface area contributed by atoms with Gasteiger partial charge in [0.25, 0.3) is 5.91 Å². The molecule has 2 amide bonds. The summed E-state index contributed by atoms with van der Waals surface area (Å²) < 4.78 is 0. The normalized spacial score (nSPS) is 10.1. The summed E-state index contributed by atoms with van der Waals surface area (Å²) in [6.45, 7) is 0.413. The summed E-state index contributed by atoms with van der Waals surface area (Å²) in [5.74, 6) is -0.500. The quantitative estimate of drug-likeness (QED) is 0.736. The van der Waals surface area contributed by atoms with Crippen molar-refractivity contribution in [2.75, 3.05) is 18.8 Å². The maximum absolute atomic E-state index is 11.7. The van der Waals surface area contributed by atoms with Crippen molar-refractivity contribution in [3.63, 3.8) is 0 Å². The Labute approximate surface area is 126 Å². The van der Waals surface area contributed by atoms with E-state index in [1.165, 1.54) is 11.3 Å². The zero-order valence-electron chi connectivity index (χ0n) is 11.3. The van der Waals surface area contributed by atoms with Crippen LogP contribution in [-0.4, -0.2) is 29.9 Å². The van der Waals surface area contributed by atoms with Crippen LogP contribution in [0, 0.1) is 0 Å². The van der Waals surface area contributed by atoms with Gasteiger partial charge in [-0.3, -0.25) is 9.59 Å². The number of nitrogen functional groups attached to an aromatic ring is 1. The van der Waals surface area contributed by atoms with Crippen molar-refractivity contribution in [2.24, 2.45) is 0 Å². The van der Waals surface area contributed by atoms with Crippen molar-refractivity contribution in [3.8, 4) is 0 Å². The zero-order valence-corrected chi connectivity index (χ0v) is 12.2. The smallest absolute Gasteiger partial charge is 0.251 e. The van der Waals surface area contributed by atoms with Crippen molar-refractivity contribution < 1.29 is 9.59 Å². The number of nitrogens with two attached hydrogens (primary N) is 1. The third-order valence-electron chi connectivity index (χ3n) is 2.72. The van der Waals surface area contributed by atoms with E-state index in [1.807, 2.05) is 11.4 Å². The standard InChI is InChI=1S/C14H16N4O2S/c15-14-18-11(9-21-14)6-7-16-12(19)8-17-13(20)10-4-2-1-3-5-10/h1-5,9H,6-8H2,(H2,15,18)(H,16,19)(H,17,20). The molecule has 0 aliphatic rings. The molecule has 1 heterocycles. The summed E-state index contributed by atoms with van der Waals surface area (Å²) in [7, 11) is 0. The summed E-state index contributed by atoms with van der Waals surface area (Å²) >= 11 is 1.37. The number of carbonyl (C=O) groups is 2. The highest BCUT2D eigenvalue weighted by Crippen LogP contribution is 2.10. The third-order valence-corrected chi connectivity index (χ3v) is 3.44. The van der Waals surface area contributed by atoms with E-state index >= 15 is 0 Å². The number of nitrogens with one attached hydrogen (secondary N) is 2. The SMILES string of the molecule is Nc1nc(CCNC(=O)CNC(=O)c2ccccc2)cs1. The fraction of sp³-hybridized carbons (Fsp3) is 0.214. The Morgan fingerprint density at radius 2 is 1.95 bits per heavy atom. The van der Waals surface area contributed by atoms with Crippen LogP contribution in [0.4, 0.5) is 5.13 Å². The van der Waals surface area contributed by atoms with Gasteiger partial charge >= 0.3 is 0 Å². The first kappa shape index (κ1) is 15.0. The van der Waals surface area contributed by atoms with Crippen molar-refractivity contribution in [2.45, 2.75) is 6.42 Å². The number of benzene rings is 1. The number of carbonyl (C=O) groups excluding carboxylic acids is 2. The molecule has 110 valence electrons. The Morgan fingerprint density at radius 1 is 1.19 bits per heavy atom. The van der Waals surface area contributed by atoms with Crippen molar-refractivity contribution in [1.82, 2.24) is 15.6 Å². The minimum Gasteiger partial charge on any atom is -0.375 e. The predicted octanol–water partition coefficient (Wildman–Crippen LogP) is 0.814. The van der Waals surface area contributed by atoms with Crippen molar-refractivity contribution in [1.29, 1.82) is 0 Å². The van der Waals surface area contributed by atoms with E-state index in [9.17, 15) is 9.59 Å². The molecule has 6 nitrogen and oxygen atoms in total. The molecule has 4 N–H and O–H groups in total. The van der Waals surface area contributed by atoms with Gasteiger partial charge in [0.2, 0.25) is 5.91 Å². The van der Waals surface area contributed by atoms with E-state index in [2.05, 4.69) is 15.6 Å². The lowest BCUT2D eigenvalue weighted by molar-refractivity contribution is -0.120. The van der Waals surface area contributed by atoms with Gasteiger partial charge in [0.15, 0.2) is 5.13 Å². The molecule has 1 aromatic heterocycles. The van der Waals surface area contributed by atoms with Crippen LogP contribution < -0.4 is 16.4 Å². The molecule has 21 heavy (non-hydrogen) atoms. The number of aromatic nitrogens is 1. The highest BCUT2D eigenvalue weighted by atomic mass is 32.1. The van der Waals surface area contributed by atoms with Crippen LogP contribution in [0.1, 0.15) is 16.1 Å². The molecule has 2 rings (SSSR count). The lowest BCUT2D eigenvalue weighted by Gasteiger charge is -2.06. The van der Waals surface area contributed by atoms with Crippen LogP contribution in [0.5, 0.6) is 0 Å². The number of anilines is 1. The molecule has 7 heteroatoms. The monoisotopic (exact) mass is 304 g/mol. The van der Waals surface area contributed by atoms with Gasteiger partial charge in [-0.25, -0.2) is 4.98 Å². The molecule has 0 saturated heterocycles. The second kappa shape index (κ2) is 7.39. The maximum atomic E-state index is 11.7. The van der Waals surface area contributed by atoms with Crippen LogP contribution in [0.25, 0.3) is 0 Å². The lowest BCUT2D eigenvalue weighted by Crippen LogP contribution is -2.37. The van der Waals surface area contributed by atoms with Crippen LogP contribution in [0.3, 0.4) is 0 Å². The minimum atomic E-state index is -0.266. The van der Waals surface area contributed by atoms with Gasteiger partial charge in [-0.05, 0) is 12.1 Å². The van der Waals surface area contributed by atoms with Gasteiger partial charge in [-0.1, -0.05) is 18.2 Å². The predicted molar refractivity (Wildman–Crippen MR) is 82.0 cm³/mol. The average Bonchev–Trinajstić information content (AvgIpc) is 2.91. The van der Waals surface area contributed by atoms with E-state index in [1.54, 1.807) is 24.3 Å². The largest absolute Gasteiger partial charge is 0.375 e. The summed E-state index contributed by atoms with van der Waals surface area (Å²) in [5.41, 5.74) is 6.90. The highest BCUT2D eigenvalue weighted by molar-refractivity contribution is 7.13. The molecule has 0 spiro atoms. The van der Waals surface area contributed by atoms with Crippen LogP contribution in [-0.2, 0) is 11.2 Å². The minimum absolute atomic E-state index is 0.0487. The molecule has 1 aromatic carbocycles. The van der Waals surface area contributed by atoms with Crippen molar-refractivity contribution in [3.05, 3.63) is 47.0 Å². The molecule has 2 aromatic rings. The fourth-order valence-corrected chi connectivity index (χ4v) is 2.28. The lowest BCUT2D eigenvalue weighted by atomic mass is 10.2. The van der Waals surface area contributed by atoms with E-state index in [0.717, 1.165) is 5.69 Å². The number of nitrogens with zero attached hydrogens (tertiary/aromatic N) is 1. The number of amides is 2.